The van der Waals surface area contributed by atoms with E-state index in [4.69, 9.17) is 0 Å². The molecule has 0 N–H and O–H groups in total. The molecule has 3 nitrogen and oxygen atoms in total. The quantitative estimate of drug-likeness (QED) is 0.248. The molecule has 0 bridgehead atoms. The van der Waals surface area contributed by atoms with Crippen LogP contribution in [0.15, 0.2) is 12.2 Å². The fourth-order valence-corrected chi connectivity index (χ4v) is 0.974. The standard InChI is InChI=1S/C5H7N2O/c8-7-3-1-2-5-4-6(5)7/h1-2,5H,3-4H2/q+1. The molecule has 3 heteroatoms. The lowest BCUT2D eigenvalue weighted by atomic mass is 10.4. The highest BCUT2D eigenvalue weighted by Crippen LogP contribution is 2.21. The monoisotopic (exact) mass is 111 g/mol. The van der Waals surface area contributed by atoms with Crippen molar-refractivity contribution in [1.82, 2.24) is 5.01 Å². The maximum Gasteiger partial charge on any atom is 0.243 e. The molecule has 42 valence electrons. The van der Waals surface area contributed by atoms with Crippen LogP contribution in [0.3, 0.4) is 0 Å². The van der Waals surface area contributed by atoms with Crippen LogP contribution in [-0.4, -0.2) is 29.0 Å². The molecule has 0 aromatic heterocycles. The number of fused-ring (bicyclic) bond motifs is 1. The largest absolute Gasteiger partial charge is 0.243 e. The summed E-state index contributed by atoms with van der Waals surface area (Å²) in [6.45, 7) is 1.47. The molecule has 1 unspecified atom stereocenters. The van der Waals surface area contributed by atoms with Gasteiger partial charge in [0, 0.05) is 0 Å². The fourth-order valence-electron chi connectivity index (χ4n) is 0.974. The van der Waals surface area contributed by atoms with E-state index in [1.54, 1.807) is 5.01 Å². The summed E-state index contributed by atoms with van der Waals surface area (Å²) in [5.74, 6) is 0. The second-order valence-corrected chi connectivity index (χ2v) is 2.15. The van der Waals surface area contributed by atoms with Gasteiger partial charge in [-0.05, 0) is 6.08 Å². The third-order valence-electron chi connectivity index (χ3n) is 1.53. The topological polar surface area (TPSA) is 23.1 Å². The van der Waals surface area contributed by atoms with E-state index < -0.39 is 0 Å². The Balaban J connectivity index is 2.25. The highest BCUT2D eigenvalue weighted by molar-refractivity contribution is 5.04. The minimum Gasteiger partial charge on any atom is -0.129 e. The third kappa shape index (κ3) is 0.384. The molecule has 2 rings (SSSR count). The number of hydrogen-bond donors (Lipinski definition) is 0. The van der Waals surface area contributed by atoms with Crippen LogP contribution in [0.2, 0.25) is 0 Å². The highest BCUT2D eigenvalue weighted by atomic mass is 16.3. The summed E-state index contributed by atoms with van der Waals surface area (Å²) in [7, 11) is 0. The summed E-state index contributed by atoms with van der Waals surface area (Å²) < 4.78 is 0. The van der Waals surface area contributed by atoms with E-state index in [2.05, 4.69) is 6.08 Å². The van der Waals surface area contributed by atoms with Crippen molar-refractivity contribution in [1.29, 1.82) is 0 Å². The second-order valence-electron chi connectivity index (χ2n) is 2.15. The van der Waals surface area contributed by atoms with Crippen LogP contribution >= 0.6 is 0 Å². The van der Waals surface area contributed by atoms with E-state index in [0.717, 1.165) is 11.4 Å². The van der Waals surface area contributed by atoms with Gasteiger partial charge in [-0.1, -0.05) is 6.08 Å². The Morgan fingerprint density at radius 3 is 3.25 bits per heavy atom. The van der Waals surface area contributed by atoms with E-state index >= 15 is 0 Å². The van der Waals surface area contributed by atoms with Gasteiger partial charge in [0.05, 0.1) is 4.91 Å². The molecular weight excluding hydrogens is 104 g/mol. The molecule has 1 saturated heterocycles. The number of nitroso groups, excluding NO2 is 1. The first kappa shape index (κ1) is 4.06. The van der Waals surface area contributed by atoms with Crippen molar-refractivity contribution >= 4 is 0 Å². The Bertz CT molecular complexity index is 164. The lowest BCUT2D eigenvalue weighted by molar-refractivity contribution is -0.670. The van der Waals surface area contributed by atoms with Crippen LogP contribution in [0.1, 0.15) is 0 Å². The van der Waals surface area contributed by atoms with Crippen LogP contribution in [0.4, 0.5) is 0 Å². The van der Waals surface area contributed by atoms with Gasteiger partial charge < -0.3 is 0 Å². The zero-order valence-electron chi connectivity index (χ0n) is 4.45. The predicted molar refractivity (Wildman–Crippen MR) is 28.1 cm³/mol. The fraction of sp³-hybridized carbons (Fsp3) is 0.600. The van der Waals surface area contributed by atoms with Crippen molar-refractivity contribution in [3.63, 3.8) is 0 Å². The zero-order valence-corrected chi connectivity index (χ0v) is 4.45. The van der Waals surface area contributed by atoms with Gasteiger partial charge in [0.15, 0.2) is 0 Å². The first-order valence-corrected chi connectivity index (χ1v) is 2.76. The summed E-state index contributed by atoms with van der Waals surface area (Å²) in [5, 5.41) is 1.79. The van der Waals surface area contributed by atoms with Crippen LogP contribution in [0, 0.1) is 4.91 Å². The van der Waals surface area contributed by atoms with Crippen molar-refractivity contribution in [2.75, 3.05) is 13.1 Å². The molecule has 0 aliphatic carbocycles. The lowest BCUT2D eigenvalue weighted by Gasteiger charge is -1.93. The summed E-state index contributed by atoms with van der Waals surface area (Å²) >= 11 is 0. The van der Waals surface area contributed by atoms with Crippen LogP contribution in [-0.2, 0) is 0 Å². The van der Waals surface area contributed by atoms with E-state index in [-0.39, 0.29) is 0 Å². The first-order chi connectivity index (χ1) is 3.88. The summed E-state index contributed by atoms with van der Waals surface area (Å²) in [4.78, 5) is 11.6. The summed E-state index contributed by atoms with van der Waals surface area (Å²) in [5.41, 5.74) is 0. The molecule has 8 heavy (non-hydrogen) atoms. The van der Waals surface area contributed by atoms with Gasteiger partial charge in [-0.15, -0.1) is 5.01 Å². The molecule has 2 aliphatic rings. The van der Waals surface area contributed by atoms with Gasteiger partial charge in [-0.2, -0.15) is 0 Å². The van der Waals surface area contributed by atoms with Gasteiger partial charge in [0.2, 0.25) is 6.54 Å². The average Bonchev–Trinajstić information content (AvgIpc) is 2.45. The molecule has 0 aromatic rings. The second kappa shape index (κ2) is 1.10. The van der Waals surface area contributed by atoms with Crippen molar-refractivity contribution in [3.8, 4) is 0 Å². The van der Waals surface area contributed by atoms with E-state index in [1.165, 1.54) is 0 Å². The Kier molecular flexibility index (Phi) is 0.559. The minimum absolute atomic E-state index is 0.446. The number of hydrogen-bond acceptors (Lipinski definition) is 1. The molecular formula is C5H7N2O+. The van der Waals surface area contributed by atoms with Crippen LogP contribution in [0.25, 0.3) is 0 Å². The maximum absolute atomic E-state index is 10.6. The Morgan fingerprint density at radius 1 is 1.75 bits per heavy atom. The molecule has 0 saturated carbocycles. The van der Waals surface area contributed by atoms with E-state index in [0.29, 0.717) is 12.6 Å². The number of rotatable bonds is 0. The van der Waals surface area contributed by atoms with Crippen molar-refractivity contribution < 1.29 is 4.87 Å². The van der Waals surface area contributed by atoms with Crippen LogP contribution < -0.4 is 0 Å². The summed E-state index contributed by atoms with van der Waals surface area (Å²) in [6.07, 6.45) is 4.00. The Hall–Kier alpha value is -0.860. The van der Waals surface area contributed by atoms with Crippen molar-refractivity contribution in [2.24, 2.45) is 0 Å². The number of nitrogens with zero attached hydrogens (tertiary/aromatic N) is 2. The van der Waals surface area contributed by atoms with Crippen molar-refractivity contribution in [3.05, 3.63) is 17.1 Å². The molecule has 1 fully saturated rings. The SMILES string of the molecule is O=[N+]1CC=CC2CN21. The maximum atomic E-state index is 10.6. The molecule has 0 spiro atoms. The molecule has 0 radical (unpaired) electrons. The van der Waals surface area contributed by atoms with Crippen LogP contribution in [0.5, 0.6) is 0 Å². The van der Waals surface area contributed by atoms with Crippen molar-refractivity contribution in [2.45, 2.75) is 6.04 Å². The third-order valence-corrected chi connectivity index (χ3v) is 1.53. The minimum atomic E-state index is 0.446. The molecule has 1 atom stereocenters. The van der Waals surface area contributed by atoms with E-state index in [1.807, 2.05) is 6.08 Å². The van der Waals surface area contributed by atoms with Gasteiger partial charge in [-0.25, -0.2) is 0 Å². The molecule has 0 amide bonds. The number of hydrazine groups is 1. The summed E-state index contributed by atoms with van der Waals surface area (Å²) in [6, 6.07) is 0.446. The normalized spacial score (nSPS) is 32.8. The highest BCUT2D eigenvalue weighted by Gasteiger charge is 2.45. The smallest absolute Gasteiger partial charge is 0.129 e. The van der Waals surface area contributed by atoms with Gasteiger partial charge in [-0.3, -0.25) is 0 Å². The lowest BCUT2D eigenvalue weighted by Crippen LogP contribution is -2.19. The Morgan fingerprint density at radius 2 is 2.62 bits per heavy atom. The van der Waals surface area contributed by atoms with Gasteiger partial charge in [0.25, 0.3) is 0 Å². The first-order valence-electron chi connectivity index (χ1n) is 2.76. The predicted octanol–water partition coefficient (Wildman–Crippen LogP) is -0.0657. The zero-order chi connectivity index (χ0) is 5.56. The molecule has 2 aliphatic heterocycles. The average molecular weight is 111 g/mol. The van der Waals surface area contributed by atoms with E-state index in [9.17, 15) is 4.91 Å². The Labute approximate surface area is 47.1 Å². The van der Waals surface area contributed by atoms with Gasteiger partial charge >= 0.3 is 0 Å². The molecule has 0 aromatic carbocycles. The molecule has 2 heterocycles. The van der Waals surface area contributed by atoms with Gasteiger partial charge in [0.1, 0.15) is 17.5 Å².